The number of carbonyl (C=O) groups is 1. The van der Waals surface area contributed by atoms with E-state index in [1.54, 1.807) is 0 Å². The van der Waals surface area contributed by atoms with Crippen molar-refractivity contribution in [2.24, 2.45) is 5.92 Å². The van der Waals surface area contributed by atoms with Gasteiger partial charge in [-0.25, -0.2) is 0 Å². The first-order valence-corrected chi connectivity index (χ1v) is 7.15. The van der Waals surface area contributed by atoms with Gasteiger partial charge in [-0.15, -0.1) is 0 Å². The van der Waals surface area contributed by atoms with Crippen LogP contribution in [0.4, 0.5) is 0 Å². The van der Waals surface area contributed by atoms with E-state index in [9.17, 15) is 4.79 Å². The van der Waals surface area contributed by atoms with Gasteiger partial charge < -0.3 is 9.47 Å². The van der Waals surface area contributed by atoms with Gasteiger partial charge in [-0.1, -0.05) is 56.3 Å². The zero-order chi connectivity index (χ0) is 15.1. The lowest BCUT2D eigenvalue weighted by Crippen LogP contribution is -2.17. The largest absolute Gasteiger partial charge is 0.457 e. The lowest BCUT2D eigenvalue weighted by Gasteiger charge is -2.10. The van der Waals surface area contributed by atoms with Crippen LogP contribution in [-0.4, -0.2) is 12.8 Å². The Balaban J connectivity index is 1.87. The van der Waals surface area contributed by atoms with Crippen molar-refractivity contribution in [3.63, 3.8) is 0 Å². The molecule has 0 saturated heterocycles. The molecule has 0 radical (unpaired) electrons. The van der Waals surface area contributed by atoms with E-state index in [0.29, 0.717) is 5.75 Å². The van der Waals surface area contributed by atoms with Gasteiger partial charge >= 0.3 is 5.97 Å². The van der Waals surface area contributed by atoms with E-state index >= 15 is 0 Å². The summed E-state index contributed by atoms with van der Waals surface area (Å²) in [4.78, 5) is 11.5. The highest BCUT2D eigenvalue weighted by molar-refractivity contribution is 5.71. The van der Waals surface area contributed by atoms with Crippen molar-refractivity contribution in [3.05, 3.63) is 54.6 Å². The summed E-state index contributed by atoms with van der Waals surface area (Å²) in [6.45, 7) is 3.75. The van der Waals surface area contributed by atoms with Gasteiger partial charge in [-0.05, 0) is 29.7 Å². The van der Waals surface area contributed by atoms with Crippen molar-refractivity contribution < 1.29 is 14.3 Å². The SMILES string of the molecule is CCC(C)C(=O)OCOc1ccc(-c2ccccc2)cc1. The van der Waals surface area contributed by atoms with Crippen LogP contribution in [0.5, 0.6) is 5.75 Å². The predicted octanol–water partition coefficient (Wildman–Crippen LogP) is 4.28. The first-order valence-electron chi connectivity index (χ1n) is 7.15. The van der Waals surface area contributed by atoms with Gasteiger partial charge in [0.05, 0.1) is 5.92 Å². The summed E-state index contributed by atoms with van der Waals surface area (Å²) in [5.74, 6) is 0.374. The van der Waals surface area contributed by atoms with Crippen molar-refractivity contribution in [2.45, 2.75) is 20.3 Å². The van der Waals surface area contributed by atoms with Gasteiger partial charge in [-0.3, -0.25) is 4.79 Å². The third-order valence-electron chi connectivity index (χ3n) is 3.40. The molecule has 1 atom stereocenters. The Bertz CT molecular complexity index is 561. The van der Waals surface area contributed by atoms with Crippen LogP contribution < -0.4 is 4.74 Å². The minimum absolute atomic E-state index is 0.0478. The van der Waals surface area contributed by atoms with Crippen molar-refractivity contribution in [1.29, 1.82) is 0 Å². The highest BCUT2D eigenvalue weighted by Crippen LogP contribution is 2.22. The Kier molecular flexibility index (Phi) is 5.38. The molecule has 0 spiro atoms. The molecule has 0 amide bonds. The van der Waals surface area contributed by atoms with Crippen molar-refractivity contribution in [1.82, 2.24) is 0 Å². The Morgan fingerprint density at radius 2 is 1.62 bits per heavy atom. The van der Waals surface area contributed by atoms with Crippen molar-refractivity contribution in [3.8, 4) is 16.9 Å². The molecule has 3 nitrogen and oxygen atoms in total. The lowest BCUT2D eigenvalue weighted by molar-refractivity contribution is -0.154. The van der Waals surface area contributed by atoms with Crippen LogP contribution >= 0.6 is 0 Å². The van der Waals surface area contributed by atoms with Crippen LogP contribution in [-0.2, 0) is 9.53 Å². The van der Waals surface area contributed by atoms with Crippen LogP contribution in [0.1, 0.15) is 20.3 Å². The van der Waals surface area contributed by atoms with Crippen molar-refractivity contribution in [2.75, 3.05) is 6.79 Å². The molecule has 2 aromatic rings. The van der Waals surface area contributed by atoms with E-state index in [2.05, 4.69) is 12.1 Å². The molecule has 0 heterocycles. The molecule has 0 aliphatic rings. The Morgan fingerprint density at radius 1 is 1.00 bits per heavy atom. The summed E-state index contributed by atoms with van der Waals surface area (Å²) >= 11 is 0. The standard InChI is InChI=1S/C18H20O3/c1-3-14(2)18(19)21-13-20-17-11-9-16(10-12-17)15-7-5-4-6-8-15/h4-12,14H,3,13H2,1-2H3. The summed E-state index contributed by atoms with van der Waals surface area (Å²) < 4.78 is 10.5. The van der Waals surface area contributed by atoms with Gasteiger partial charge in [-0.2, -0.15) is 0 Å². The number of esters is 1. The molecule has 0 bridgehead atoms. The second-order valence-electron chi connectivity index (χ2n) is 4.93. The fourth-order valence-electron chi connectivity index (χ4n) is 1.84. The Hall–Kier alpha value is -2.29. The molecule has 0 fully saturated rings. The maximum Gasteiger partial charge on any atom is 0.311 e. The third kappa shape index (κ3) is 4.35. The fraction of sp³-hybridized carbons (Fsp3) is 0.278. The van der Waals surface area contributed by atoms with Gasteiger partial charge in [0.1, 0.15) is 5.75 Å². The number of benzene rings is 2. The molecule has 0 aliphatic carbocycles. The number of rotatable bonds is 6. The van der Waals surface area contributed by atoms with E-state index in [0.717, 1.165) is 17.5 Å². The first-order chi connectivity index (χ1) is 10.2. The second kappa shape index (κ2) is 7.48. The highest BCUT2D eigenvalue weighted by atomic mass is 16.7. The summed E-state index contributed by atoms with van der Waals surface area (Å²) in [6, 6.07) is 17.9. The fourth-order valence-corrected chi connectivity index (χ4v) is 1.84. The molecule has 0 aliphatic heterocycles. The molecule has 0 aromatic heterocycles. The van der Waals surface area contributed by atoms with E-state index < -0.39 is 0 Å². The molecule has 110 valence electrons. The molecular weight excluding hydrogens is 264 g/mol. The van der Waals surface area contributed by atoms with Gasteiger partial charge in [0, 0.05) is 0 Å². The molecule has 0 saturated carbocycles. The zero-order valence-corrected chi connectivity index (χ0v) is 12.4. The van der Waals surface area contributed by atoms with Gasteiger partial charge in [0.25, 0.3) is 0 Å². The van der Waals surface area contributed by atoms with E-state index in [-0.39, 0.29) is 18.7 Å². The molecular formula is C18H20O3. The van der Waals surface area contributed by atoms with Crippen LogP contribution in [0, 0.1) is 5.92 Å². The lowest BCUT2D eigenvalue weighted by atomic mass is 10.1. The van der Waals surface area contributed by atoms with Crippen LogP contribution in [0.15, 0.2) is 54.6 Å². The van der Waals surface area contributed by atoms with E-state index in [1.807, 2.05) is 56.3 Å². The maximum absolute atomic E-state index is 11.5. The number of hydrogen-bond donors (Lipinski definition) is 0. The normalized spacial score (nSPS) is 11.7. The average Bonchev–Trinajstić information content (AvgIpc) is 2.55. The predicted molar refractivity (Wildman–Crippen MR) is 82.9 cm³/mol. The molecule has 2 rings (SSSR count). The number of ether oxygens (including phenoxy) is 2. The first kappa shape index (κ1) is 15.1. The van der Waals surface area contributed by atoms with Crippen LogP contribution in [0.2, 0.25) is 0 Å². The Morgan fingerprint density at radius 3 is 2.24 bits per heavy atom. The molecule has 1 unspecified atom stereocenters. The smallest absolute Gasteiger partial charge is 0.311 e. The molecule has 21 heavy (non-hydrogen) atoms. The summed E-state index contributed by atoms with van der Waals surface area (Å²) in [5.41, 5.74) is 2.28. The molecule has 3 heteroatoms. The third-order valence-corrected chi connectivity index (χ3v) is 3.40. The van der Waals surface area contributed by atoms with E-state index in [4.69, 9.17) is 9.47 Å². The van der Waals surface area contributed by atoms with Gasteiger partial charge in [0.15, 0.2) is 0 Å². The summed E-state index contributed by atoms with van der Waals surface area (Å²) in [6.07, 6.45) is 0.768. The molecule has 2 aromatic carbocycles. The quantitative estimate of drug-likeness (QED) is 0.586. The Labute approximate surface area is 125 Å². The minimum atomic E-state index is -0.224. The van der Waals surface area contributed by atoms with Crippen molar-refractivity contribution >= 4 is 5.97 Å². The number of carbonyl (C=O) groups excluding carboxylic acids is 1. The van der Waals surface area contributed by atoms with Crippen LogP contribution in [0.3, 0.4) is 0 Å². The van der Waals surface area contributed by atoms with Crippen LogP contribution in [0.25, 0.3) is 11.1 Å². The summed E-state index contributed by atoms with van der Waals surface area (Å²) in [7, 11) is 0. The highest BCUT2D eigenvalue weighted by Gasteiger charge is 2.11. The topological polar surface area (TPSA) is 35.5 Å². The van der Waals surface area contributed by atoms with Gasteiger partial charge in [0.2, 0.25) is 6.79 Å². The average molecular weight is 284 g/mol. The monoisotopic (exact) mass is 284 g/mol. The number of hydrogen-bond acceptors (Lipinski definition) is 3. The minimum Gasteiger partial charge on any atom is -0.457 e. The second-order valence-corrected chi connectivity index (χ2v) is 4.93. The summed E-state index contributed by atoms with van der Waals surface area (Å²) in [5, 5.41) is 0. The zero-order valence-electron chi connectivity index (χ0n) is 12.4. The van der Waals surface area contributed by atoms with E-state index in [1.165, 1.54) is 0 Å². The molecule has 0 N–H and O–H groups in total. The maximum atomic E-state index is 11.5.